The van der Waals surface area contributed by atoms with E-state index >= 15 is 0 Å². The van der Waals surface area contributed by atoms with Crippen molar-refractivity contribution in [2.75, 3.05) is 18.0 Å². The number of hydrogen-bond donors (Lipinski definition) is 0. The molecular weight excluding hydrogens is 476 g/mol. The molecule has 0 radical (unpaired) electrons. The maximum Gasteiger partial charge on any atom is 0.267 e. The predicted octanol–water partition coefficient (Wildman–Crippen LogP) is 4.95. The van der Waals surface area contributed by atoms with Crippen molar-refractivity contribution in [3.8, 4) is 0 Å². The fourth-order valence-corrected chi connectivity index (χ4v) is 5.77. The van der Waals surface area contributed by atoms with E-state index in [0.29, 0.717) is 38.7 Å². The maximum atomic E-state index is 13.7. The molecule has 0 atom stereocenters. The number of carbonyl (C=O) groups excluding carboxylic acids is 1. The topological polar surface area (TPSA) is 57.9 Å². The zero-order chi connectivity index (χ0) is 24.7. The molecule has 4 heterocycles. The highest BCUT2D eigenvalue weighted by molar-refractivity contribution is 8.26. The fraction of sp³-hybridized carbons (Fsp3) is 0.333. The lowest BCUT2D eigenvalue weighted by Gasteiger charge is -2.32. The molecule has 0 aliphatic carbocycles. The number of rotatable bonds is 4. The highest BCUT2D eigenvalue weighted by Crippen LogP contribution is 2.35. The number of carbonyl (C=O) groups is 1. The van der Waals surface area contributed by atoms with E-state index in [1.54, 1.807) is 21.6 Å². The molecule has 8 heteroatoms. The molecule has 35 heavy (non-hydrogen) atoms. The largest absolute Gasteiger partial charge is 0.356 e. The average molecular weight is 505 g/mol. The van der Waals surface area contributed by atoms with Gasteiger partial charge in [0, 0.05) is 19.3 Å². The highest BCUT2D eigenvalue weighted by Gasteiger charge is 2.33. The standard InChI is InChI=1S/C27H28N4O2S2/c1-17-6-8-20(9-7-17)16-31-26(33)22(35-27(31)34)15-21-24(29-13-10-18(2)11-14-29)28-23-19(3)5-4-12-30(23)25(21)32/h4-9,12,15,18H,10-11,13-14,16H2,1-3H3/b22-15+. The molecule has 2 aromatic heterocycles. The number of aromatic nitrogens is 2. The Morgan fingerprint density at radius 3 is 2.54 bits per heavy atom. The van der Waals surface area contributed by atoms with Crippen molar-refractivity contribution >= 4 is 51.7 Å². The normalized spacial score (nSPS) is 18.3. The van der Waals surface area contributed by atoms with Crippen LogP contribution in [0.3, 0.4) is 0 Å². The summed E-state index contributed by atoms with van der Waals surface area (Å²) in [6.07, 6.45) is 5.53. The summed E-state index contributed by atoms with van der Waals surface area (Å²) in [5.74, 6) is 1.13. The molecule has 1 aromatic carbocycles. The maximum absolute atomic E-state index is 13.7. The minimum Gasteiger partial charge on any atom is -0.356 e. The molecular formula is C27H28N4O2S2. The van der Waals surface area contributed by atoms with Gasteiger partial charge in [0.2, 0.25) is 0 Å². The van der Waals surface area contributed by atoms with Crippen LogP contribution in [-0.2, 0) is 11.3 Å². The third kappa shape index (κ3) is 4.65. The monoisotopic (exact) mass is 504 g/mol. The summed E-state index contributed by atoms with van der Waals surface area (Å²) in [6.45, 7) is 8.33. The molecule has 180 valence electrons. The Bertz CT molecular complexity index is 1400. The van der Waals surface area contributed by atoms with Crippen LogP contribution in [0.4, 0.5) is 5.82 Å². The van der Waals surface area contributed by atoms with Crippen molar-refractivity contribution in [1.82, 2.24) is 14.3 Å². The van der Waals surface area contributed by atoms with Gasteiger partial charge in [-0.05, 0) is 55.9 Å². The van der Waals surface area contributed by atoms with Crippen LogP contribution in [0, 0.1) is 19.8 Å². The average Bonchev–Trinajstić information content (AvgIpc) is 3.10. The molecule has 1 amide bonds. The van der Waals surface area contributed by atoms with Gasteiger partial charge in [0.25, 0.3) is 11.5 Å². The Labute approximate surface area is 214 Å². The number of aryl methyl sites for hydroxylation is 2. The van der Waals surface area contributed by atoms with Crippen LogP contribution in [0.25, 0.3) is 11.7 Å². The van der Waals surface area contributed by atoms with Crippen molar-refractivity contribution in [3.05, 3.63) is 80.1 Å². The van der Waals surface area contributed by atoms with Crippen molar-refractivity contribution in [3.63, 3.8) is 0 Å². The van der Waals surface area contributed by atoms with Gasteiger partial charge in [-0.1, -0.05) is 66.8 Å². The highest BCUT2D eigenvalue weighted by atomic mass is 32.2. The van der Waals surface area contributed by atoms with Crippen LogP contribution in [0.5, 0.6) is 0 Å². The lowest BCUT2D eigenvalue weighted by atomic mass is 9.99. The Kier molecular flexibility index (Phi) is 6.51. The van der Waals surface area contributed by atoms with Gasteiger partial charge < -0.3 is 4.90 Å². The quantitative estimate of drug-likeness (QED) is 0.370. The van der Waals surface area contributed by atoms with Crippen molar-refractivity contribution < 1.29 is 4.79 Å². The molecule has 0 N–H and O–H groups in total. The van der Waals surface area contributed by atoms with Crippen LogP contribution in [0.15, 0.2) is 52.3 Å². The number of hydrogen-bond acceptors (Lipinski definition) is 6. The lowest BCUT2D eigenvalue weighted by Crippen LogP contribution is -2.36. The third-order valence-electron chi connectivity index (χ3n) is 6.76. The molecule has 0 saturated carbocycles. The van der Waals surface area contributed by atoms with Crippen LogP contribution in [0.2, 0.25) is 0 Å². The van der Waals surface area contributed by atoms with E-state index in [2.05, 4.69) is 11.8 Å². The fourth-order valence-electron chi connectivity index (χ4n) is 4.53. The summed E-state index contributed by atoms with van der Waals surface area (Å²) in [6, 6.07) is 11.9. The van der Waals surface area contributed by atoms with E-state index in [0.717, 1.165) is 42.6 Å². The van der Waals surface area contributed by atoms with Crippen LogP contribution >= 0.6 is 24.0 Å². The van der Waals surface area contributed by atoms with Gasteiger partial charge in [0.1, 0.15) is 15.8 Å². The van der Waals surface area contributed by atoms with E-state index < -0.39 is 0 Å². The van der Waals surface area contributed by atoms with Gasteiger partial charge >= 0.3 is 0 Å². The number of pyridine rings is 1. The van der Waals surface area contributed by atoms with Gasteiger partial charge in [-0.2, -0.15) is 0 Å². The van der Waals surface area contributed by atoms with Crippen LogP contribution in [0.1, 0.15) is 42.0 Å². The lowest BCUT2D eigenvalue weighted by molar-refractivity contribution is -0.122. The zero-order valence-electron chi connectivity index (χ0n) is 20.2. The molecule has 6 nitrogen and oxygen atoms in total. The van der Waals surface area contributed by atoms with Gasteiger partial charge in [0.05, 0.1) is 17.0 Å². The number of benzene rings is 1. The number of thiocarbonyl (C=S) groups is 1. The number of piperidine rings is 1. The van der Waals surface area contributed by atoms with Crippen molar-refractivity contribution in [2.45, 2.75) is 40.2 Å². The smallest absolute Gasteiger partial charge is 0.267 e. The summed E-state index contributed by atoms with van der Waals surface area (Å²) in [5.41, 5.74) is 4.04. The van der Waals surface area contributed by atoms with E-state index in [-0.39, 0.29) is 11.5 Å². The summed E-state index contributed by atoms with van der Waals surface area (Å²) in [4.78, 5) is 36.2. The Morgan fingerprint density at radius 1 is 1.11 bits per heavy atom. The van der Waals surface area contributed by atoms with E-state index in [4.69, 9.17) is 17.2 Å². The molecule has 0 unspecified atom stereocenters. The first-order valence-electron chi connectivity index (χ1n) is 11.9. The first kappa shape index (κ1) is 23.8. The van der Waals surface area contributed by atoms with E-state index in [9.17, 15) is 9.59 Å². The molecule has 2 saturated heterocycles. The molecule has 0 spiro atoms. The van der Waals surface area contributed by atoms with Gasteiger partial charge in [-0.15, -0.1) is 0 Å². The summed E-state index contributed by atoms with van der Waals surface area (Å²) in [5, 5.41) is 0. The minimum absolute atomic E-state index is 0.170. The molecule has 2 fully saturated rings. The summed E-state index contributed by atoms with van der Waals surface area (Å²) in [7, 11) is 0. The first-order valence-corrected chi connectivity index (χ1v) is 13.1. The summed E-state index contributed by atoms with van der Waals surface area (Å²) < 4.78 is 2.07. The number of amides is 1. The van der Waals surface area contributed by atoms with E-state index in [1.807, 2.05) is 50.2 Å². The Balaban J connectivity index is 1.56. The minimum atomic E-state index is -0.174. The van der Waals surface area contributed by atoms with Crippen molar-refractivity contribution in [2.24, 2.45) is 5.92 Å². The van der Waals surface area contributed by atoms with Crippen molar-refractivity contribution in [1.29, 1.82) is 0 Å². The number of nitrogens with zero attached hydrogens (tertiary/aromatic N) is 4. The van der Waals surface area contributed by atoms with Gasteiger partial charge in [-0.25, -0.2) is 4.98 Å². The second-order valence-electron chi connectivity index (χ2n) is 9.46. The van der Waals surface area contributed by atoms with Gasteiger partial charge in [0.15, 0.2) is 0 Å². The van der Waals surface area contributed by atoms with Crippen LogP contribution < -0.4 is 10.5 Å². The molecule has 3 aromatic rings. The molecule has 2 aliphatic heterocycles. The number of fused-ring (bicyclic) bond motifs is 1. The third-order valence-corrected chi connectivity index (χ3v) is 8.14. The second-order valence-corrected chi connectivity index (χ2v) is 11.1. The SMILES string of the molecule is Cc1ccc(CN2C(=O)/C(=C\c3c(N4CCC(C)CC4)nc4c(C)cccn4c3=O)SC2=S)cc1. The van der Waals surface area contributed by atoms with E-state index in [1.165, 1.54) is 11.8 Å². The van der Waals surface area contributed by atoms with Crippen LogP contribution in [-0.4, -0.2) is 37.6 Å². The predicted molar refractivity (Wildman–Crippen MR) is 147 cm³/mol. The number of anilines is 1. The Morgan fingerprint density at radius 2 is 1.83 bits per heavy atom. The van der Waals surface area contributed by atoms with Gasteiger partial charge in [-0.3, -0.25) is 18.9 Å². The first-order chi connectivity index (χ1) is 16.8. The number of thioether (sulfide) groups is 1. The molecule has 5 rings (SSSR count). The second kappa shape index (κ2) is 9.59. The molecule has 0 bridgehead atoms. The summed E-state index contributed by atoms with van der Waals surface area (Å²) >= 11 is 6.80. The molecule has 2 aliphatic rings. The Hall–Kier alpha value is -2.97. The zero-order valence-corrected chi connectivity index (χ0v) is 21.8.